The molecule has 0 atom stereocenters. The molecule has 0 spiro atoms. The molecule has 1 aromatic heterocycles. The van der Waals surface area contributed by atoms with Gasteiger partial charge in [0.15, 0.2) is 0 Å². The first-order valence-corrected chi connectivity index (χ1v) is 11.4. The molecule has 5 nitrogen and oxygen atoms in total. The molecular weight excluding hydrogens is 420 g/mol. The molecule has 0 radical (unpaired) electrons. The second kappa shape index (κ2) is 9.01. The maximum absolute atomic E-state index is 13.3. The highest BCUT2D eigenvalue weighted by Gasteiger charge is 2.39. The van der Waals surface area contributed by atoms with Crippen LogP contribution in [0.25, 0.3) is 5.57 Å². The van der Waals surface area contributed by atoms with Gasteiger partial charge in [-0.25, -0.2) is 0 Å². The number of nitrogens with one attached hydrogen (secondary N) is 1. The average Bonchev–Trinajstić information content (AvgIpc) is 3.32. The van der Waals surface area contributed by atoms with Crippen LogP contribution in [0.15, 0.2) is 59.6 Å². The number of aryl methyl sites for hydroxylation is 4. The number of ether oxygens (including phenoxy) is 1. The lowest BCUT2D eigenvalue weighted by molar-refractivity contribution is -0.137. The summed E-state index contributed by atoms with van der Waals surface area (Å²) in [6, 6.07) is 15.7. The molecule has 2 heterocycles. The van der Waals surface area contributed by atoms with Gasteiger partial charge in [0.1, 0.15) is 18.1 Å². The molecule has 2 amide bonds. The van der Waals surface area contributed by atoms with E-state index in [-0.39, 0.29) is 25.0 Å². The van der Waals surface area contributed by atoms with Gasteiger partial charge in [0.25, 0.3) is 11.8 Å². The zero-order valence-electron chi connectivity index (χ0n) is 18.7. The number of carbonyl (C=O) groups excluding carboxylic acids is 2. The number of rotatable bonds is 7. The highest BCUT2D eigenvalue weighted by Crippen LogP contribution is 2.33. The Hall–Kier alpha value is -3.38. The smallest absolute Gasteiger partial charge is 0.278 e. The molecule has 1 aliphatic heterocycles. The number of hydrogen-bond acceptors (Lipinski definition) is 5. The van der Waals surface area contributed by atoms with Gasteiger partial charge >= 0.3 is 0 Å². The number of benzene rings is 2. The third-order valence-electron chi connectivity index (χ3n) is 5.36. The van der Waals surface area contributed by atoms with E-state index in [0.717, 1.165) is 38.6 Å². The Kier molecular flexibility index (Phi) is 6.15. The van der Waals surface area contributed by atoms with Crippen molar-refractivity contribution < 1.29 is 14.3 Å². The van der Waals surface area contributed by atoms with Gasteiger partial charge < -0.3 is 10.1 Å². The third kappa shape index (κ3) is 4.46. The standard InChI is InChI=1S/C26H26N2O3S/c1-16-7-8-21(19(4)13-16)27-24-23(22-6-5-11-32-22)25(29)28(26(24)30)9-10-31-20-14-17(2)12-18(3)15-20/h5-8,11-15,27H,9-10H2,1-4H3. The van der Waals surface area contributed by atoms with Crippen molar-refractivity contribution in [3.63, 3.8) is 0 Å². The molecule has 1 N–H and O–H groups in total. The molecule has 0 aliphatic carbocycles. The average molecular weight is 447 g/mol. The summed E-state index contributed by atoms with van der Waals surface area (Å²) < 4.78 is 5.86. The zero-order chi connectivity index (χ0) is 22.8. The molecule has 32 heavy (non-hydrogen) atoms. The third-order valence-corrected chi connectivity index (χ3v) is 6.24. The number of nitrogens with zero attached hydrogens (tertiary/aromatic N) is 1. The Bertz CT molecular complexity index is 1190. The van der Waals surface area contributed by atoms with Gasteiger partial charge in [-0.1, -0.05) is 29.8 Å². The summed E-state index contributed by atoms with van der Waals surface area (Å²) in [6.07, 6.45) is 0. The summed E-state index contributed by atoms with van der Waals surface area (Å²) in [4.78, 5) is 28.6. The van der Waals surface area contributed by atoms with Crippen LogP contribution < -0.4 is 10.1 Å². The highest BCUT2D eigenvalue weighted by atomic mass is 32.1. The van der Waals surface area contributed by atoms with Crippen LogP contribution in [0.3, 0.4) is 0 Å². The van der Waals surface area contributed by atoms with E-state index in [9.17, 15) is 9.59 Å². The van der Waals surface area contributed by atoms with Crippen molar-refractivity contribution in [2.24, 2.45) is 0 Å². The summed E-state index contributed by atoms with van der Waals surface area (Å²) in [5, 5.41) is 5.14. The lowest BCUT2D eigenvalue weighted by Crippen LogP contribution is -2.36. The summed E-state index contributed by atoms with van der Waals surface area (Å²) in [6.45, 7) is 8.43. The van der Waals surface area contributed by atoms with Crippen LogP contribution in [0.5, 0.6) is 5.75 Å². The quantitative estimate of drug-likeness (QED) is 0.504. The van der Waals surface area contributed by atoms with E-state index in [4.69, 9.17) is 4.74 Å². The minimum absolute atomic E-state index is 0.178. The van der Waals surface area contributed by atoms with Crippen molar-refractivity contribution in [3.05, 3.63) is 86.7 Å². The van der Waals surface area contributed by atoms with E-state index in [1.807, 2.05) is 75.5 Å². The number of anilines is 1. The van der Waals surface area contributed by atoms with Gasteiger partial charge in [-0.15, -0.1) is 11.3 Å². The monoisotopic (exact) mass is 446 g/mol. The summed E-state index contributed by atoms with van der Waals surface area (Å²) in [7, 11) is 0. The van der Waals surface area contributed by atoms with Crippen LogP contribution in [-0.4, -0.2) is 29.9 Å². The molecule has 6 heteroatoms. The minimum Gasteiger partial charge on any atom is -0.492 e. The molecule has 0 saturated carbocycles. The predicted octanol–water partition coefficient (Wildman–Crippen LogP) is 5.25. The van der Waals surface area contributed by atoms with Crippen LogP contribution in [0.1, 0.15) is 27.1 Å². The van der Waals surface area contributed by atoms with Crippen LogP contribution in [0.2, 0.25) is 0 Å². The van der Waals surface area contributed by atoms with E-state index in [1.165, 1.54) is 16.2 Å². The lowest BCUT2D eigenvalue weighted by atomic mass is 10.1. The van der Waals surface area contributed by atoms with Gasteiger partial charge in [0, 0.05) is 10.6 Å². The Morgan fingerprint density at radius 1 is 0.906 bits per heavy atom. The first-order valence-electron chi connectivity index (χ1n) is 10.5. The maximum atomic E-state index is 13.3. The SMILES string of the molecule is Cc1cc(C)cc(OCCN2C(=O)C(Nc3ccc(C)cc3C)=C(c3cccs3)C2=O)c1. The van der Waals surface area contributed by atoms with E-state index in [1.54, 1.807) is 0 Å². The number of carbonyl (C=O) groups is 2. The topological polar surface area (TPSA) is 58.6 Å². The molecular formula is C26H26N2O3S. The minimum atomic E-state index is -0.331. The van der Waals surface area contributed by atoms with E-state index < -0.39 is 0 Å². The van der Waals surface area contributed by atoms with Crippen LogP contribution in [-0.2, 0) is 9.59 Å². The molecule has 3 aromatic rings. The van der Waals surface area contributed by atoms with Crippen LogP contribution in [0.4, 0.5) is 5.69 Å². The normalized spacial score (nSPS) is 13.8. The van der Waals surface area contributed by atoms with E-state index in [2.05, 4.69) is 11.4 Å². The number of imide groups is 1. The summed E-state index contributed by atoms with van der Waals surface area (Å²) in [5.74, 6) is 0.109. The maximum Gasteiger partial charge on any atom is 0.278 e. The van der Waals surface area contributed by atoms with Crippen molar-refractivity contribution >= 4 is 34.4 Å². The molecule has 164 valence electrons. The Morgan fingerprint density at radius 3 is 2.31 bits per heavy atom. The van der Waals surface area contributed by atoms with Crippen molar-refractivity contribution in [2.45, 2.75) is 27.7 Å². The molecule has 1 aliphatic rings. The van der Waals surface area contributed by atoms with Crippen LogP contribution in [0, 0.1) is 27.7 Å². The molecule has 0 unspecified atom stereocenters. The largest absolute Gasteiger partial charge is 0.492 e. The lowest BCUT2D eigenvalue weighted by Gasteiger charge is -2.16. The van der Waals surface area contributed by atoms with Gasteiger partial charge in [-0.2, -0.15) is 0 Å². The second-order valence-electron chi connectivity index (χ2n) is 8.10. The van der Waals surface area contributed by atoms with Crippen LogP contribution >= 0.6 is 11.3 Å². The first-order chi connectivity index (χ1) is 15.3. The van der Waals surface area contributed by atoms with Gasteiger partial charge in [-0.05, 0) is 74.0 Å². The molecule has 2 aromatic carbocycles. The highest BCUT2D eigenvalue weighted by molar-refractivity contribution is 7.11. The van der Waals surface area contributed by atoms with Crippen molar-refractivity contribution in [1.29, 1.82) is 0 Å². The Morgan fingerprint density at radius 2 is 1.66 bits per heavy atom. The molecule has 0 fully saturated rings. The molecule has 0 bridgehead atoms. The van der Waals surface area contributed by atoms with Gasteiger partial charge in [-0.3, -0.25) is 14.5 Å². The van der Waals surface area contributed by atoms with Gasteiger partial charge in [0.05, 0.1) is 12.1 Å². The number of thiophene rings is 1. The van der Waals surface area contributed by atoms with Crippen molar-refractivity contribution in [2.75, 3.05) is 18.5 Å². The number of amides is 2. The Balaban J connectivity index is 1.56. The zero-order valence-corrected chi connectivity index (χ0v) is 19.5. The van der Waals surface area contributed by atoms with E-state index >= 15 is 0 Å². The fourth-order valence-electron chi connectivity index (χ4n) is 3.90. The molecule has 4 rings (SSSR count). The fourth-order valence-corrected chi connectivity index (χ4v) is 4.67. The summed E-state index contributed by atoms with van der Waals surface area (Å²) >= 11 is 1.44. The van der Waals surface area contributed by atoms with Crippen molar-refractivity contribution in [1.82, 2.24) is 4.90 Å². The molecule has 0 saturated heterocycles. The van der Waals surface area contributed by atoms with E-state index in [0.29, 0.717) is 11.3 Å². The Labute approximate surface area is 192 Å². The first kappa shape index (κ1) is 21.8. The van der Waals surface area contributed by atoms with Crippen molar-refractivity contribution in [3.8, 4) is 5.75 Å². The fraction of sp³-hybridized carbons (Fsp3) is 0.231. The predicted molar refractivity (Wildman–Crippen MR) is 129 cm³/mol. The number of hydrogen-bond donors (Lipinski definition) is 1. The summed E-state index contributed by atoms with van der Waals surface area (Å²) in [5.41, 5.74) is 5.91. The van der Waals surface area contributed by atoms with Gasteiger partial charge in [0.2, 0.25) is 0 Å². The second-order valence-corrected chi connectivity index (χ2v) is 9.05.